The molecule has 0 aliphatic rings. The monoisotopic (exact) mass is 892 g/mol. The Balaban J connectivity index is 1.27. The minimum Gasteiger partial charge on any atom is -0.309 e. The minimum atomic E-state index is -5.03. The topological polar surface area (TPSA) is 9.86 Å². The van der Waals surface area contributed by atoms with Gasteiger partial charge in [0.15, 0.2) is 0 Å². The molecule has 326 valence electrons. The molecule has 12 aromatic rings. The first-order valence-electron chi connectivity index (χ1n) is 22.3. The number of hydrogen-bond acceptors (Lipinski definition) is 0. The van der Waals surface area contributed by atoms with E-state index >= 15 is 22.0 Å². The van der Waals surface area contributed by atoms with Crippen molar-refractivity contribution in [2.24, 2.45) is 0 Å². The molecule has 0 aliphatic carbocycles. The van der Waals surface area contributed by atoms with Crippen LogP contribution in [0.4, 0.5) is 22.0 Å². The van der Waals surface area contributed by atoms with Crippen LogP contribution in [0.25, 0.3) is 111 Å². The average Bonchev–Trinajstić information content (AvgIpc) is 3.87. The number of aromatic nitrogens is 2. The molecule has 0 radical (unpaired) electrons. The Labute approximate surface area is 388 Å². The van der Waals surface area contributed by atoms with Crippen molar-refractivity contribution in [2.45, 2.75) is 6.18 Å². The Morgan fingerprint density at radius 2 is 0.632 bits per heavy atom. The molecule has 12 rings (SSSR count). The highest BCUT2D eigenvalue weighted by atomic mass is 19.4. The molecule has 0 spiro atoms. The molecule has 0 aliphatic heterocycles. The second-order valence-corrected chi connectivity index (χ2v) is 17.1. The maximum atomic E-state index is 17.1. The van der Waals surface area contributed by atoms with E-state index in [0.29, 0.717) is 32.8 Å². The molecule has 2 aromatic heterocycles. The number of hydrogen-bond donors (Lipinski definition) is 0. The first-order valence-corrected chi connectivity index (χ1v) is 22.3. The highest BCUT2D eigenvalue weighted by molar-refractivity contribution is 6.13. The van der Waals surface area contributed by atoms with Crippen molar-refractivity contribution < 1.29 is 22.0 Å². The summed E-state index contributed by atoms with van der Waals surface area (Å²) in [4.78, 5) is 0. The molecule has 0 saturated carbocycles. The zero-order valence-electron chi connectivity index (χ0n) is 36.1. The quantitative estimate of drug-likeness (QED) is 0.141. The highest BCUT2D eigenvalue weighted by Gasteiger charge is 2.40. The summed E-state index contributed by atoms with van der Waals surface area (Å²) in [6.45, 7) is 0. The minimum absolute atomic E-state index is 0.00391. The first-order chi connectivity index (χ1) is 33.2. The van der Waals surface area contributed by atoms with E-state index in [4.69, 9.17) is 0 Å². The third-order valence-corrected chi connectivity index (χ3v) is 13.0. The molecular weight excluding hydrogens is 856 g/mol. The van der Waals surface area contributed by atoms with E-state index in [-0.39, 0.29) is 22.5 Å². The molecule has 10 aromatic carbocycles. The molecule has 0 fully saturated rings. The van der Waals surface area contributed by atoms with Crippen LogP contribution in [0.3, 0.4) is 0 Å². The van der Waals surface area contributed by atoms with Gasteiger partial charge in [-0.2, -0.15) is 13.2 Å². The summed E-state index contributed by atoms with van der Waals surface area (Å²) in [5.41, 5.74) is 7.51. The number of nitrogens with zero attached hydrogens (tertiary/aromatic N) is 2. The normalized spacial score (nSPS) is 11.9. The van der Waals surface area contributed by atoms with E-state index in [1.54, 1.807) is 15.2 Å². The smallest absolute Gasteiger partial charge is 0.309 e. The summed E-state index contributed by atoms with van der Waals surface area (Å²) in [5, 5.41) is 2.96. The van der Waals surface area contributed by atoms with Crippen molar-refractivity contribution in [3.63, 3.8) is 0 Å². The van der Waals surface area contributed by atoms with Gasteiger partial charge >= 0.3 is 6.18 Å². The molecule has 0 saturated heterocycles. The van der Waals surface area contributed by atoms with Gasteiger partial charge in [0.1, 0.15) is 17.2 Å². The van der Waals surface area contributed by atoms with E-state index in [2.05, 4.69) is 0 Å². The number of alkyl halides is 3. The second-order valence-electron chi connectivity index (χ2n) is 17.1. The van der Waals surface area contributed by atoms with Crippen LogP contribution in [0.15, 0.2) is 224 Å². The lowest BCUT2D eigenvalue weighted by molar-refractivity contribution is -0.137. The Morgan fingerprint density at radius 1 is 0.294 bits per heavy atom. The van der Waals surface area contributed by atoms with Gasteiger partial charge in [-0.25, -0.2) is 8.78 Å². The number of rotatable bonds is 7. The maximum absolute atomic E-state index is 17.1. The predicted molar refractivity (Wildman–Crippen MR) is 267 cm³/mol. The SMILES string of the molecule is Fc1cc(F)cc(-c2ccc(-n3c4cc(-c5ccccc5)ccc4c4ccc(-c5ccccc5)cc43)c(C(F)(F)F)c2-n2c3cc(-c4ccccc4)ccc3c3ccc(-c4ccccc4)cc32)c1. The van der Waals surface area contributed by atoms with E-state index in [1.807, 2.05) is 194 Å². The van der Waals surface area contributed by atoms with Crippen molar-refractivity contribution in [3.8, 4) is 67.0 Å². The van der Waals surface area contributed by atoms with Crippen molar-refractivity contribution in [3.05, 3.63) is 242 Å². The summed E-state index contributed by atoms with van der Waals surface area (Å²) < 4.78 is 85.7. The van der Waals surface area contributed by atoms with Gasteiger partial charge in [-0.15, -0.1) is 0 Å². The van der Waals surface area contributed by atoms with Crippen molar-refractivity contribution >= 4 is 43.6 Å². The summed E-state index contributed by atoms with van der Waals surface area (Å²) in [6, 6.07) is 68.3. The Kier molecular flexibility index (Phi) is 9.69. The molecule has 0 unspecified atom stereocenters. The third-order valence-electron chi connectivity index (χ3n) is 13.0. The van der Waals surface area contributed by atoms with Crippen LogP contribution in [0.1, 0.15) is 5.56 Å². The van der Waals surface area contributed by atoms with Gasteiger partial charge < -0.3 is 9.13 Å². The number of halogens is 5. The van der Waals surface area contributed by atoms with Gasteiger partial charge in [0.2, 0.25) is 0 Å². The van der Waals surface area contributed by atoms with Gasteiger partial charge in [-0.05, 0) is 92.5 Å². The van der Waals surface area contributed by atoms with Crippen LogP contribution >= 0.6 is 0 Å². The van der Waals surface area contributed by atoms with Crippen LogP contribution in [0.2, 0.25) is 0 Å². The van der Waals surface area contributed by atoms with Crippen LogP contribution in [0.5, 0.6) is 0 Å². The van der Waals surface area contributed by atoms with Crippen molar-refractivity contribution in [2.75, 3.05) is 0 Å². The fourth-order valence-corrected chi connectivity index (χ4v) is 10.00. The van der Waals surface area contributed by atoms with Crippen LogP contribution in [0, 0.1) is 11.6 Å². The molecular formula is C61H37F5N2. The Morgan fingerprint density at radius 3 is 0.971 bits per heavy atom. The van der Waals surface area contributed by atoms with Gasteiger partial charge in [0.25, 0.3) is 0 Å². The average molecular weight is 893 g/mol. The molecule has 0 bridgehead atoms. The van der Waals surface area contributed by atoms with Crippen molar-refractivity contribution in [1.82, 2.24) is 9.13 Å². The number of fused-ring (bicyclic) bond motifs is 6. The summed E-state index contributed by atoms with van der Waals surface area (Å²) >= 11 is 0. The van der Waals surface area contributed by atoms with Gasteiger partial charge in [-0.3, -0.25) is 0 Å². The Hall–Kier alpha value is -8.55. The Bertz CT molecular complexity index is 3680. The van der Waals surface area contributed by atoms with Crippen LogP contribution in [-0.4, -0.2) is 9.13 Å². The molecule has 0 amide bonds. The fraction of sp³-hybridized carbons (Fsp3) is 0.0164. The van der Waals surface area contributed by atoms with E-state index in [1.165, 1.54) is 6.07 Å². The number of benzene rings is 10. The summed E-state index contributed by atoms with van der Waals surface area (Å²) in [5.74, 6) is -1.82. The van der Waals surface area contributed by atoms with E-state index in [0.717, 1.165) is 73.5 Å². The zero-order chi connectivity index (χ0) is 46.1. The molecule has 2 nitrogen and oxygen atoms in total. The lowest BCUT2D eigenvalue weighted by atomic mass is 9.96. The summed E-state index contributed by atoms with van der Waals surface area (Å²) in [6.07, 6.45) is -5.03. The van der Waals surface area contributed by atoms with E-state index in [9.17, 15) is 0 Å². The highest BCUT2D eigenvalue weighted by Crippen LogP contribution is 2.49. The fourth-order valence-electron chi connectivity index (χ4n) is 10.00. The van der Waals surface area contributed by atoms with Crippen LogP contribution < -0.4 is 0 Å². The molecule has 0 N–H and O–H groups in total. The summed E-state index contributed by atoms with van der Waals surface area (Å²) in [7, 11) is 0. The molecule has 2 heterocycles. The lowest BCUT2D eigenvalue weighted by Crippen LogP contribution is -2.17. The third kappa shape index (κ3) is 6.94. The van der Waals surface area contributed by atoms with Gasteiger partial charge in [0.05, 0.1) is 33.4 Å². The largest absolute Gasteiger partial charge is 0.420 e. The van der Waals surface area contributed by atoms with E-state index < -0.39 is 23.4 Å². The predicted octanol–water partition coefficient (Wildman–Crippen LogP) is 17.5. The lowest BCUT2D eigenvalue weighted by Gasteiger charge is -2.25. The first kappa shape index (κ1) is 40.9. The van der Waals surface area contributed by atoms with Gasteiger partial charge in [-0.1, -0.05) is 176 Å². The maximum Gasteiger partial charge on any atom is 0.420 e. The molecule has 0 atom stereocenters. The zero-order valence-corrected chi connectivity index (χ0v) is 36.1. The standard InChI is InChI=1S/C61H37F5N2/c62-47-31-46(32-48(63)37-47)49-29-30-54(67-55-33-42(38-13-5-1-6-14-38)21-25-50(55)51-26-22-43(34-56(51)67)39-15-7-2-8-16-39)59(61(64,65)66)60(49)68-57-35-44(40-17-9-3-10-18-40)23-27-52(57)53-28-24-45(36-58(53)68)41-19-11-4-12-20-41/h1-37H. The second kappa shape index (κ2) is 16.1. The van der Waals surface area contributed by atoms with Crippen molar-refractivity contribution in [1.29, 1.82) is 0 Å². The van der Waals surface area contributed by atoms with Gasteiger partial charge in [0, 0.05) is 33.2 Å². The molecule has 68 heavy (non-hydrogen) atoms. The van der Waals surface area contributed by atoms with Crippen LogP contribution in [-0.2, 0) is 6.18 Å². The molecule has 7 heteroatoms.